The number of carbonyl (C=O) groups excluding carboxylic acids is 1. The predicted octanol–water partition coefficient (Wildman–Crippen LogP) is 0.818. The molecule has 0 N–H and O–H groups in total. The van der Waals surface area contributed by atoms with Crippen LogP contribution in [0, 0.1) is 0 Å². The maximum absolute atomic E-state index is 10.3. The van der Waals surface area contributed by atoms with Crippen molar-refractivity contribution in [2.45, 2.75) is 6.92 Å². The van der Waals surface area contributed by atoms with Gasteiger partial charge in [-0.15, -0.1) is 4.99 Å². The zero-order valence-corrected chi connectivity index (χ0v) is 5.67. The molecule has 0 saturated carbocycles. The van der Waals surface area contributed by atoms with Gasteiger partial charge >= 0.3 is 6.09 Å². The molecule has 0 aromatic heterocycles. The normalized spacial score (nSPS) is 10.8. The second-order valence-electron chi connectivity index (χ2n) is 1.30. The lowest BCUT2D eigenvalue weighted by Crippen LogP contribution is -2.00. The van der Waals surface area contributed by atoms with Gasteiger partial charge in [-0.25, -0.2) is 4.79 Å². The average molecular weight is 131 g/mol. The Kier molecular flexibility index (Phi) is 3.43. The Labute approximate surface area is 53.5 Å². The van der Waals surface area contributed by atoms with Gasteiger partial charge in [-0.1, -0.05) is 0 Å². The molecule has 0 aliphatic heterocycles. The van der Waals surface area contributed by atoms with Crippen molar-refractivity contribution >= 4 is 12.0 Å². The quantitative estimate of drug-likeness (QED) is 0.361. The van der Waals surface area contributed by atoms with E-state index in [4.69, 9.17) is 0 Å². The van der Waals surface area contributed by atoms with Gasteiger partial charge in [0, 0.05) is 6.92 Å². The van der Waals surface area contributed by atoms with Gasteiger partial charge in [-0.05, 0) is 0 Å². The summed E-state index contributed by atoms with van der Waals surface area (Å²) in [7, 11) is 2.69. The SMILES string of the molecule is COC(=O)N=C(C)OC. The molecule has 4 nitrogen and oxygen atoms in total. The molecule has 0 unspecified atom stereocenters. The minimum Gasteiger partial charge on any atom is -0.484 e. The molecular weight excluding hydrogens is 122 g/mol. The fraction of sp³-hybridized carbons (Fsp3) is 0.600. The van der Waals surface area contributed by atoms with Crippen molar-refractivity contribution in [3.8, 4) is 0 Å². The van der Waals surface area contributed by atoms with E-state index in [9.17, 15) is 4.79 Å². The number of rotatable bonds is 0. The highest BCUT2D eigenvalue weighted by molar-refractivity contribution is 5.86. The van der Waals surface area contributed by atoms with E-state index in [0.717, 1.165) is 0 Å². The Hall–Kier alpha value is -1.06. The molecule has 9 heavy (non-hydrogen) atoms. The fourth-order valence-corrected chi connectivity index (χ4v) is 0.220. The van der Waals surface area contributed by atoms with Gasteiger partial charge in [0.25, 0.3) is 0 Å². The van der Waals surface area contributed by atoms with Crippen LogP contribution in [0.5, 0.6) is 0 Å². The summed E-state index contributed by atoms with van der Waals surface area (Å²) < 4.78 is 8.79. The van der Waals surface area contributed by atoms with Gasteiger partial charge in [-0.2, -0.15) is 0 Å². The van der Waals surface area contributed by atoms with Crippen molar-refractivity contribution in [1.29, 1.82) is 0 Å². The standard InChI is InChI=1S/C5H9NO3/c1-4(8-2)6-5(7)9-3/h1-3H3. The summed E-state index contributed by atoms with van der Waals surface area (Å²) >= 11 is 0. The largest absolute Gasteiger partial charge is 0.484 e. The molecule has 0 atom stereocenters. The van der Waals surface area contributed by atoms with Crippen molar-refractivity contribution in [2.24, 2.45) is 4.99 Å². The molecule has 52 valence electrons. The molecule has 1 amide bonds. The molecule has 0 rings (SSSR count). The summed E-state index contributed by atoms with van der Waals surface area (Å²) in [6.07, 6.45) is -0.644. The van der Waals surface area contributed by atoms with Gasteiger partial charge in [0.2, 0.25) is 0 Å². The lowest BCUT2D eigenvalue weighted by atomic mass is 10.8. The van der Waals surface area contributed by atoms with Crippen molar-refractivity contribution in [3.63, 3.8) is 0 Å². The molecule has 0 aromatic rings. The molecule has 0 radical (unpaired) electrons. The van der Waals surface area contributed by atoms with Gasteiger partial charge < -0.3 is 9.47 Å². The Morgan fingerprint density at radius 3 is 2.22 bits per heavy atom. The highest BCUT2D eigenvalue weighted by atomic mass is 16.5. The monoisotopic (exact) mass is 131 g/mol. The molecule has 0 aliphatic carbocycles. The summed E-state index contributed by atoms with van der Waals surface area (Å²) in [4.78, 5) is 13.6. The molecule has 0 saturated heterocycles. The first kappa shape index (κ1) is 7.94. The van der Waals surface area contributed by atoms with Crippen LogP contribution in [0.2, 0.25) is 0 Å². The first-order chi connectivity index (χ1) is 4.20. The lowest BCUT2D eigenvalue weighted by molar-refractivity contribution is 0.181. The summed E-state index contributed by atoms with van der Waals surface area (Å²) in [5.74, 6) is 0.293. The number of hydrogen-bond donors (Lipinski definition) is 0. The van der Waals surface area contributed by atoms with E-state index < -0.39 is 6.09 Å². The number of carbonyl (C=O) groups is 1. The highest BCUT2D eigenvalue weighted by Gasteiger charge is 1.94. The van der Waals surface area contributed by atoms with Crippen LogP contribution in [0.15, 0.2) is 4.99 Å². The first-order valence-corrected chi connectivity index (χ1v) is 2.38. The molecule has 4 heteroatoms. The van der Waals surface area contributed by atoms with E-state index in [1.807, 2.05) is 0 Å². The van der Waals surface area contributed by atoms with Crippen molar-refractivity contribution in [2.75, 3.05) is 14.2 Å². The third kappa shape index (κ3) is 3.52. The van der Waals surface area contributed by atoms with Gasteiger partial charge in [0.15, 0.2) is 5.90 Å². The van der Waals surface area contributed by atoms with E-state index in [-0.39, 0.29) is 0 Å². The minimum atomic E-state index is -0.644. The Morgan fingerprint density at radius 2 is 1.89 bits per heavy atom. The van der Waals surface area contributed by atoms with Crippen LogP contribution in [0.25, 0.3) is 0 Å². The van der Waals surface area contributed by atoms with Crippen LogP contribution < -0.4 is 0 Å². The molecule has 0 bridgehead atoms. The molecule has 0 fully saturated rings. The van der Waals surface area contributed by atoms with Crippen LogP contribution in [0.3, 0.4) is 0 Å². The number of ether oxygens (including phenoxy) is 2. The van der Waals surface area contributed by atoms with E-state index in [1.54, 1.807) is 6.92 Å². The second-order valence-corrected chi connectivity index (χ2v) is 1.30. The van der Waals surface area contributed by atoms with Crippen molar-refractivity contribution in [1.82, 2.24) is 0 Å². The Morgan fingerprint density at radius 1 is 1.33 bits per heavy atom. The van der Waals surface area contributed by atoms with E-state index >= 15 is 0 Å². The first-order valence-electron chi connectivity index (χ1n) is 2.38. The van der Waals surface area contributed by atoms with Crippen LogP contribution in [-0.4, -0.2) is 26.2 Å². The number of nitrogens with zero attached hydrogens (tertiary/aromatic N) is 1. The highest BCUT2D eigenvalue weighted by Crippen LogP contribution is 1.82. The number of amides is 1. The Bertz CT molecular complexity index is 130. The van der Waals surface area contributed by atoms with Crippen LogP contribution in [0.1, 0.15) is 6.92 Å². The second kappa shape index (κ2) is 3.88. The summed E-state index contributed by atoms with van der Waals surface area (Å²) in [6, 6.07) is 0. The topological polar surface area (TPSA) is 47.9 Å². The summed E-state index contributed by atoms with van der Waals surface area (Å²) in [5.41, 5.74) is 0. The molecular formula is C5H9NO3. The molecule has 0 aromatic carbocycles. The lowest BCUT2D eigenvalue weighted by Gasteiger charge is -1.94. The summed E-state index contributed by atoms with van der Waals surface area (Å²) in [5, 5.41) is 0. The van der Waals surface area contributed by atoms with E-state index in [1.165, 1.54) is 14.2 Å². The van der Waals surface area contributed by atoms with Crippen LogP contribution in [0.4, 0.5) is 4.79 Å². The third-order valence-corrected chi connectivity index (χ3v) is 0.719. The third-order valence-electron chi connectivity index (χ3n) is 0.719. The average Bonchev–Trinajstić information content (AvgIpc) is 1.87. The van der Waals surface area contributed by atoms with Crippen molar-refractivity contribution in [3.05, 3.63) is 0 Å². The van der Waals surface area contributed by atoms with Crippen LogP contribution >= 0.6 is 0 Å². The fourth-order valence-electron chi connectivity index (χ4n) is 0.220. The zero-order chi connectivity index (χ0) is 7.28. The molecule has 0 spiro atoms. The van der Waals surface area contributed by atoms with Gasteiger partial charge in [0.05, 0.1) is 14.2 Å². The van der Waals surface area contributed by atoms with Crippen molar-refractivity contribution < 1.29 is 14.3 Å². The van der Waals surface area contributed by atoms with E-state index in [0.29, 0.717) is 5.90 Å². The maximum Gasteiger partial charge on any atom is 0.436 e. The summed E-state index contributed by atoms with van der Waals surface area (Å²) in [6.45, 7) is 1.57. The number of hydrogen-bond acceptors (Lipinski definition) is 3. The van der Waals surface area contributed by atoms with Gasteiger partial charge in [-0.3, -0.25) is 0 Å². The number of methoxy groups -OCH3 is 2. The maximum atomic E-state index is 10.3. The number of aliphatic imine (C=N–C) groups is 1. The smallest absolute Gasteiger partial charge is 0.436 e. The van der Waals surface area contributed by atoms with E-state index in [2.05, 4.69) is 14.5 Å². The van der Waals surface area contributed by atoms with Crippen LogP contribution in [-0.2, 0) is 9.47 Å². The molecule has 0 heterocycles. The minimum absolute atomic E-state index is 0.293. The molecule has 0 aliphatic rings. The Balaban J connectivity index is 3.79. The van der Waals surface area contributed by atoms with Gasteiger partial charge in [0.1, 0.15) is 0 Å². The zero-order valence-electron chi connectivity index (χ0n) is 5.67. The predicted molar refractivity (Wildman–Crippen MR) is 32.5 cm³/mol.